The van der Waals surface area contributed by atoms with Gasteiger partial charge in [0.2, 0.25) is 5.91 Å². The Morgan fingerprint density at radius 3 is 2.59 bits per heavy atom. The largest absolute Gasteiger partial charge is 0.507 e. The zero-order valence-electron chi connectivity index (χ0n) is 18.3. The van der Waals surface area contributed by atoms with E-state index in [1.807, 2.05) is 0 Å². The summed E-state index contributed by atoms with van der Waals surface area (Å²) in [5.74, 6) is -2.44. The molecule has 2 aliphatic heterocycles. The number of benzene rings is 1. The lowest BCUT2D eigenvalue weighted by Gasteiger charge is -2.41. The Morgan fingerprint density at radius 2 is 2.00 bits per heavy atom. The molecule has 32 heavy (non-hydrogen) atoms. The van der Waals surface area contributed by atoms with Crippen molar-refractivity contribution in [2.45, 2.75) is 36.8 Å². The molecular weight excluding hydrogens is 419 g/mol. The van der Waals surface area contributed by atoms with Crippen LogP contribution < -0.4 is 4.74 Å². The molecule has 0 unspecified atom stereocenters. The van der Waals surface area contributed by atoms with Crippen LogP contribution in [0.3, 0.4) is 0 Å². The maximum Gasteiger partial charge on any atom is 0.455 e. The molecule has 1 aromatic rings. The van der Waals surface area contributed by atoms with Gasteiger partial charge in [-0.2, -0.15) is 0 Å². The van der Waals surface area contributed by atoms with Crippen LogP contribution >= 0.6 is 0 Å². The average molecular weight is 449 g/mol. The van der Waals surface area contributed by atoms with Gasteiger partial charge in [-0.3, -0.25) is 4.79 Å². The van der Waals surface area contributed by atoms with Gasteiger partial charge in [0.05, 0.1) is 40.2 Å². The number of likely N-dealkylation sites (tertiary alicyclic amines) is 1. The number of phenols is 1. The van der Waals surface area contributed by atoms with E-state index in [4.69, 9.17) is 9.47 Å². The highest BCUT2D eigenvalue weighted by atomic mass is 16.5. The van der Waals surface area contributed by atoms with Crippen LogP contribution in [0, 0.1) is 0 Å². The summed E-state index contributed by atoms with van der Waals surface area (Å²) >= 11 is 0. The molecule has 1 aromatic carbocycles. The van der Waals surface area contributed by atoms with Crippen molar-refractivity contribution in [2.75, 3.05) is 46.9 Å². The van der Waals surface area contributed by atoms with E-state index < -0.39 is 24.7 Å². The van der Waals surface area contributed by atoms with Gasteiger partial charge in [-0.25, -0.2) is 4.79 Å². The monoisotopic (exact) mass is 449 g/mol. The molecule has 1 amide bonds. The van der Waals surface area contributed by atoms with Crippen LogP contribution in [-0.4, -0.2) is 108 Å². The summed E-state index contributed by atoms with van der Waals surface area (Å²) < 4.78 is 12.3. The van der Waals surface area contributed by atoms with Crippen molar-refractivity contribution in [3.8, 4) is 11.5 Å². The minimum Gasteiger partial charge on any atom is -0.507 e. The smallest absolute Gasteiger partial charge is 0.455 e. The van der Waals surface area contributed by atoms with Crippen LogP contribution in [0.25, 0.3) is 0 Å². The van der Waals surface area contributed by atoms with E-state index in [0.29, 0.717) is 38.1 Å². The SMILES string of the molecule is C[N+]1(C)CCO[C@H](CC(=O)N2CC(Oc3ccc([C@H]4C[C@H]4B(O)O)c(O)c3C(=O)O)C2)C1. The number of amides is 1. The molecule has 174 valence electrons. The number of hydrogen-bond donors (Lipinski definition) is 4. The van der Waals surface area contributed by atoms with E-state index in [0.717, 1.165) is 17.6 Å². The molecule has 3 atom stereocenters. The number of carbonyl (C=O) groups is 2. The van der Waals surface area contributed by atoms with Crippen molar-refractivity contribution in [2.24, 2.45) is 0 Å². The fourth-order valence-electron chi connectivity index (χ4n) is 4.60. The number of aromatic carboxylic acids is 1. The van der Waals surface area contributed by atoms with Crippen LogP contribution in [-0.2, 0) is 9.53 Å². The van der Waals surface area contributed by atoms with Gasteiger partial charge in [0, 0.05) is 5.82 Å². The number of ether oxygens (including phenoxy) is 2. The van der Waals surface area contributed by atoms with Crippen molar-refractivity contribution in [3.05, 3.63) is 23.3 Å². The third kappa shape index (κ3) is 4.70. The zero-order valence-corrected chi connectivity index (χ0v) is 18.3. The second kappa shape index (κ2) is 8.55. The molecular formula is C21H30BN2O8+. The lowest BCUT2D eigenvalue weighted by Crippen LogP contribution is -2.58. The number of hydrogen-bond acceptors (Lipinski definition) is 7. The lowest BCUT2D eigenvalue weighted by atomic mass is 9.81. The fourth-order valence-corrected chi connectivity index (χ4v) is 4.60. The first-order chi connectivity index (χ1) is 15.1. The number of rotatable bonds is 7. The van der Waals surface area contributed by atoms with Crippen LogP contribution in [0.2, 0.25) is 5.82 Å². The average Bonchev–Trinajstić information content (AvgIpc) is 3.43. The number of carbonyl (C=O) groups excluding carboxylic acids is 1. The summed E-state index contributed by atoms with van der Waals surface area (Å²) in [7, 11) is 2.72. The van der Waals surface area contributed by atoms with Crippen molar-refractivity contribution >= 4 is 19.0 Å². The predicted octanol–water partition coefficient (Wildman–Crippen LogP) is -0.124. The fraction of sp³-hybridized carbons (Fsp3) is 0.619. The number of quaternary nitrogens is 1. The van der Waals surface area contributed by atoms with Gasteiger partial charge < -0.3 is 39.1 Å². The molecule has 0 spiro atoms. The number of aromatic hydroxyl groups is 1. The summed E-state index contributed by atoms with van der Waals surface area (Å²) in [4.78, 5) is 26.0. The number of carboxylic acid groups (broad SMARTS) is 1. The molecule has 2 saturated heterocycles. The Labute approximate surface area is 186 Å². The Kier molecular flexibility index (Phi) is 6.10. The maximum atomic E-state index is 12.6. The highest BCUT2D eigenvalue weighted by molar-refractivity contribution is 6.44. The number of likely N-dealkylation sites (N-methyl/N-ethyl adjacent to an activating group) is 1. The van der Waals surface area contributed by atoms with Gasteiger partial charge in [0.15, 0.2) is 0 Å². The van der Waals surface area contributed by atoms with Gasteiger partial charge in [-0.15, -0.1) is 0 Å². The Morgan fingerprint density at radius 1 is 1.28 bits per heavy atom. The van der Waals surface area contributed by atoms with Crippen molar-refractivity contribution in [1.29, 1.82) is 0 Å². The number of carboxylic acids is 1. The molecule has 1 aliphatic carbocycles. The van der Waals surface area contributed by atoms with Gasteiger partial charge in [0.1, 0.15) is 42.4 Å². The van der Waals surface area contributed by atoms with E-state index >= 15 is 0 Å². The summed E-state index contributed by atoms with van der Waals surface area (Å²) in [5, 5.41) is 38.7. The maximum absolute atomic E-state index is 12.6. The van der Waals surface area contributed by atoms with E-state index in [1.165, 1.54) is 6.07 Å². The summed E-state index contributed by atoms with van der Waals surface area (Å²) in [6, 6.07) is 3.05. The lowest BCUT2D eigenvalue weighted by molar-refractivity contribution is -0.901. The third-order valence-corrected chi connectivity index (χ3v) is 6.65. The molecule has 2 heterocycles. The van der Waals surface area contributed by atoms with Crippen molar-refractivity contribution in [1.82, 2.24) is 4.90 Å². The van der Waals surface area contributed by atoms with Gasteiger partial charge in [-0.1, -0.05) is 6.07 Å². The Hall–Kier alpha value is -2.34. The van der Waals surface area contributed by atoms with Crippen LogP contribution in [0.1, 0.15) is 34.7 Å². The minimum atomic E-state index is -1.51. The van der Waals surface area contributed by atoms with E-state index in [1.54, 1.807) is 11.0 Å². The van der Waals surface area contributed by atoms with E-state index in [9.17, 15) is 29.9 Å². The normalized spacial score (nSPS) is 26.9. The highest BCUT2D eigenvalue weighted by Gasteiger charge is 2.48. The topological polar surface area (TPSA) is 137 Å². The second-order valence-electron chi connectivity index (χ2n) is 9.68. The Bertz CT molecular complexity index is 902. The van der Waals surface area contributed by atoms with E-state index in [2.05, 4.69) is 14.1 Å². The quantitative estimate of drug-likeness (QED) is 0.334. The molecule has 3 aliphatic rings. The Balaban J connectivity index is 1.35. The molecule has 11 heteroatoms. The molecule has 3 fully saturated rings. The molecule has 4 N–H and O–H groups in total. The van der Waals surface area contributed by atoms with Gasteiger partial charge in [-0.05, 0) is 24.0 Å². The van der Waals surface area contributed by atoms with Gasteiger partial charge in [0.25, 0.3) is 0 Å². The number of nitrogens with zero attached hydrogens (tertiary/aromatic N) is 2. The van der Waals surface area contributed by atoms with Crippen LogP contribution in [0.4, 0.5) is 0 Å². The molecule has 1 saturated carbocycles. The van der Waals surface area contributed by atoms with Crippen molar-refractivity contribution in [3.63, 3.8) is 0 Å². The number of morpholine rings is 1. The van der Waals surface area contributed by atoms with Crippen LogP contribution in [0.5, 0.6) is 11.5 Å². The van der Waals surface area contributed by atoms with Crippen molar-refractivity contribution < 1.29 is 43.8 Å². The highest BCUT2D eigenvalue weighted by Crippen LogP contribution is 2.56. The first kappa shape index (κ1) is 22.8. The molecule has 0 bridgehead atoms. The second-order valence-corrected chi connectivity index (χ2v) is 9.68. The summed E-state index contributed by atoms with van der Waals surface area (Å²) in [6.07, 6.45) is 0.293. The van der Waals surface area contributed by atoms with Gasteiger partial charge >= 0.3 is 13.1 Å². The summed E-state index contributed by atoms with van der Waals surface area (Å²) in [5.41, 5.74) is 0.0213. The zero-order chi connectivity index (χ0) is 23.2. The first-order valence-corrected chi connectivity index (χ1v) is 10.9. The molecule has 0 aromatic heterocycles. The third-order valence-electron chi connectivity index (χ3n) is 6.65. The summed E-state index contributed by atoms with van der Waals surface area (Å²) in [6.45, 7) is 3.01. The van der Waals surface area contributed by atoms with Crippen LogP contribution in [0.15, 0.2) is 12.1 Å². The molecule has 4 rings (SSSR count). The standard InChI is InChI=1S/C21H29BN2O8/c1-24(2)5-6-31-12(11-24)7-18(25)23-9-13(10-23)32-17-4-3-14(15-8-16(15)22(29)30)20(26)19(17)21(27)28/h3-4,12-13,15-16,29-30H,5-11H2,1-2H3,(H-,26,27,28)/p+1/t12-,15-,16-/m1/s1. The van der Waals surface area contributed by atoms with E-state index in [-0.39, 0.29) is 35.3 Å². The molecule has 10 nitrogen and oxygen atoms in total. The predicted molar refractivity (Wildman–Crippen MR) is 114 cm³/mol. The minimum absolute atomic E-state index is 0.0178. The first-order valence-electron chi connectivity index (χ1n) is 10.9. The molecule has 0 radical (unpaired) electrons.